The average Bonchev–Trinajstić information content (AvgIpc) is 3.28. The van der Waals surface area contributed by atoms with Crippen LogP contribution in [0.5, 0.6) is 5.75 Å². The number of carbonyl (C=O) groups excluding carboxylic acids is 1. The molecule has 1 amide bonds. The Balaban J connectivity index is 2.00. The molecule has 21 heavy (non-hydrogen) atoms. The van der Waals surface area contributed by atoms with E-state index >= 15 is 0 Å². The number of carbonyl (C=O) groups is 1. The van der Waals surface area contributed by atoms with Gasteiger partial charge >= 0.3 is 0 Å². The zero-order chi connectivity index (χ0) is 15.2. The van der Waals surface area contributed by atoms with E-state index < -0.39 is 6.10 Å². The van der Waals surface area contributed by atoms with E-state index in [-0.39, 0.29) is 5.91 Å². The molecular weight excluding hydrogens is 288 g/mol. The molecule has 1 saturated carbocycles. The Kier molecular flexibility index (Phi) is 5.88. The SMILES string of the molecule is CCCNC(=O)C(C)Oc1cccc(Cl)c1CNC1CC1. The third-order valence-electron chi connectivity index (χ3n) is 3.44. The summed E-state index contributed by atoms with van der Waals surface area (Å²) in [5.74, 6) is 0.577. The molecule has 0 aliphatic heterocycles. The maximum Gasteiger partial charge on any atom is 0.260 e. The van der Waals surface area contributed by atoms with Gasteiger partial charge in [-0.3, -0.25) is 4.79 Å². The predicted molar refractivity (Wildman–Crippen MR) is 84.7 cm³/mol. The monoisotopic (exact) mass is 310 g/mol. The molecule has 0 saturated heterocycles. The van der Waals surface area contributed by atoms with Gasteiger partial charge in [0.2, 0.25) is 0 Å². The quantitative estimate of drug-likeness (QED) is 0.776. The normalized spacial score (nSPS) is 15.6. The van der Waals surface area contributed by atoms with Crippen molar-refractivity contribution in [2.24, 2.45) is 0 Å². The summed E-state index contributed by atoms with van der Waals surface area (Å²) in [5.41, 5.74) is 0.918. The molecule has 4 nitrogen and oxygen atoms in total. The summed E-state index contributed by atoms with van der Waals surface area (Å²) in [6, 6.07) is 6.15. The molecule has 0 aromatic heterocycles. The van der Waals surface area contributed by atoms with Crippen LogP contribution in [0.3, 0.4) is 0 Å². The lowest BCUT2D eigenvalue weighted by molar-refractivity contribution is -0.127. The first-order valence-corrected chi connectivity index (χ1v) is 7.94. The molecule has 0 radical (unpaired) electrons. The minimum Gasteiger partial charge on any atom is -0.481 e. The second kappa shape index (κ2) is 7.66. The fourth-order valence-electron chi connectivity index (χ4n) is 1.99. The lowest BCUT2D eigenvalue weighted by atomic mass is 10.2. The van der Waals surface area contributed by atoms with Crippen LogP contribution in [0.25, 0.3) is 0 Å². The van der Waals surface area contributed by atoms with Crippen molar-refractivity contribution < 1.29 is 9.53 Å². The smallest absolute Gasteiger partial charge is 0.260 e. The largest absolute Gasteiger partial charge is 0.481 e. The zero-order valence-corrected chi connectivity index (χ0v) is 13.4. The van der Waals surface area contributed by atoms with E-state index in [1.165, 1.54) is 12.8 Å². The highest BCUT2D eigenvalue weighted by atomic mass is 35.5. The number of ether oxygens (including phenoxy) is 1. The summed E-state index contributed by atoms with van der Waals surface area (Å²) in [5, 5.41) is 6.93. The van der Waals surface area contributed by atoms with Gasteiger partial charge in [0.1, 0.15) is 5.75 Å². The third-order valence-corrected chi connectivity index (χ3v) is 3.80. The van der Waals surface area contributed by atoms with Crippen molar-refractivity contribution in [3.63, 3.8) is 0 Å². The lowest BCUT2D eigenvalue weighted by Crippen LogP contribution is -2.36. The summed E-state index contributed by atoms with van der Waals surface area (Å²) in [6.07, 6.45) is 2.81. The Labute approximate surface area is 131 Å². The minimum atomic E-state index is -0.533. The van der Waals surface area contributed by atoms with Gasteiger partial charge in [-0.2, -0.15) is 0 Å². The Hall–Kier alpha value is -1.26. The first-order valence-electron chi connectivity index (χ1n) is 7.57. The van der Waals surface area contributed by atoms with Gasteiger partial charge in [-0.1, -0.05) is 24.6 Å². The Bertz CT molecular complexity index is 489. The standard InChI is InChI=1S/C16H23ClN2O2/c1-3-9-18-16(20)11(2)21-15-6-4-5-14(17)13(15)10-19-12-7-8-12/h4-6,11-12,19H,3,7-10H2,1-2H3,(H,18,20). The number of benzene rings is 1. The van der Waals surface area contributed by atoms with E-state index in [2.05, 4.69) is 10.6 Å². The van der Waals surface area contributed by atoms with Crippen LogP contribution in [0, 0.1) is 0 Å². The molecule has 1 fully saturated rings. The van der Waals surface area contributed by atoms with Crippen molar-refractivity contribution in [2.75, 3.05) is 6.54 Å². The Morgan fingerprint density at radius 2 is 2.24 bits per heavy atom. The molecule has 2 rings (SSSR count). The lowest BCUT2D eigenvalue weighted by Gasteiger charge is -2.18. The van der Waals surface area contributed by atoms with Gasteiger partial charge in [-0.25, -0.2) is 0 Å². The summed E-state index contributed by atoms with van der Waals surface area (Å²) in [7, 11) is 0. The summed E-state index contributed by atoms with van der Waals surface area (Å²) >= 11 is 6.26. The van der Waals surface area contributed by atoms with E-state index in [9.17, 15) is 4.79 Å². The van der Waals surface area contributed by atoms with Crippen LogP contribution in [0.2, 0.25) is 5.02 Å². The van der Waals surface area contributed by atoms with Crippen molar-refractivity contribution in [3.05, 3.63) is 28.8 Å². The third kappa shape index (κ3) is 4.90. The molecule has 0 heterocycles. The Morgan fingerprint density at radius 1 is 1.48 bits per heavy atom. The van der Waals surface area contributed by atoms with Gasteiger partial charge in [-0.05, 0) is 38.3 Å². The van der Waals surface area contributed by atoms with Crippen molar-refractivity contribution >= 4 is 17.5 Å². The molecule has 1 atom stereocenters. The molecule has 5 heteroatoms. The van der Waals surface area contributed by atoms with E-state index in [4.69, 9.17) is 16.3 Å². The molecule has 116 valence electrons. The highest BCUT2D eigenvalue weighted by Gasteiger charge is 2.22. The molecule has 1 unspecified atom stereocenters. The maximum absolute atomic E-state index is 11.9. The number of rotatable bonds is 8. The summed E-state index contributed by atoms with van der Waals surface area (Å²) in [6.45, 7) is 5.11. The molecule has 1 aliphatic rings. The van der Waals surface area contributed by atoms with Crippen LogP contribution in [0.4, 0.5) is 0 Å². The van der Waals surface area contributed by atoms with Gasteiger partial charge in [-0.15, -0.1) is 0 Å². The average molecular weight is 311 g/mol. The van der Waals surface area contributed by atoms with Crippen molar-refractivity contribution in [3.8, 4) is 5.75 Å². The minimum absolute atomic E-state index is 0.0991. The topological polar surface area (TPSA) is 50.4 Å². The van der Waals surface area contributed by atoms with Crippen LogP contribution in [0.1, 0.15) is 38.7 Å². The molecule has 0 spiro atoms. The van der Waals surface area contributed by atoms with Crippen LogP contribution in [-0.2, 0) is 11.3 Å². The second-order valence-corrected chi connectivity index (χ2v) is 5.83. The molecule has 0 bridgehead atoms. The van der Waals surface area contributed by atoms with E-state index in [1.54, 1.807) is 6.92 Å². The fourth-order valence-corrected chi connectivity index (χ4v) is 2.22. The van der Waals surface area contributed by atoms with Crippen molar-refractivity contribution in [1.29, 1.82) is 0 Å². The highest BCUT2D eigenvalue weighted by molar-refractivity contribution is 6.31. The first kappa shape index (κ1) is 16.1. The van der Waals surface area contributed by atoms with Gasteiger partial charge in [0.25, 0.3) is 5.91 Å². The van der Waals surface area contributed by atoms with Gasteiger partial charge in [0.05, 0.1) is 0 Å². The number of nitrogens with one attached hydrogen (secondary N) is 2. The second-order valence-electron chi connectivity index (χ2n) is 5.42. The molecule has 2 N–H and O–H groups in total. The Morgan fingerprint density at radius 3 is 2.90 bits per heavy atom. The van der Waals surface area contributed by atoms with Crippen LogP contribution in [0.15, 0.2) is 18.2 Å². The zero-order valence-electron chi connectivity index (χ0n) is 12.6. The van der Waals surface area contributed by atoms with Gasteiger partial charge in [0.15, 0.2) is 6.10 Å². The molecule has 1 aromatic carbocycles. The number of halogens is 1. The maximum atomic E-state index is 11.9. The van der Waals surface area contributed by atoms with Gasteiger partial charge in [0, 0.05) is 29.7 Å². The fraction of sp³-hybridized carbons (Fsp3) is 0.562. The number of hydrogen-bond donors (Lipinski definition) is 2. The number of amides is 1. The van der Waals surface area contributed by atoms with Crippen LogP contribution in [-0.4, -0.2) is 24.6 Å². The number of hydrogen-bond acceptors (Lipinski definition) is 3. The summed E-state index contributed by atoms with van der Waals surface area (Å²) < 4.78 is 5.80. The molecular formula is C16H23ClN2O2. The summed E-state index contributed by atoms with van der Waals surface area (Å²) in [4.78, 5) is 11.9. The van der Waals surface area contributed by atoms with Gasteiger partial charge < -0.3 is 15.4 Å². The molecule has 1 aromatic rings. The first-order chi connectivity index (χ1) is 10.1. The highest BCUT2D eigenvalue weighted by Crippen LogP contribution is 2.28. The molecule has 1 aliphatic carbocycles. The van der Waals surface area contributed by atoms with Crippen molar-refractivity contribution in [2.45, 2.75) is 51.8 Å². The predicted octanol–water partition coefficient (Wildman–Crippen LogP) is 2.89. The van der Waals surface area contributed by atoms with E-state index in [0.717, 1.165) is 12.0 Å². The van der Waals surface area contributed by atoms with Crippen LogP contribution >= 0.6 is 11.6 Å². The van der Waals surface area contributed by atoms with E-state index in [1.807, 2.05) is 25.1 Å². The van der Waals surface area contributed by atoms with E-state index in [0.29, 0.717) is 29.9 Å². The van der Waals surface area contributed by atoms with Crippen LogP contribution < -0.4 is 15.4 Å². The van der Waals surface area contributed by atoms with Crippen molar-refractivity contribution in [1.82, 2.24) is 10.6 Å².